The van der Waals surface area contributed by atoms with E-state index in [9.17, 15) is 28.8 Å². The fourth-order valence-corrected chi connectivity index (χ4v) is 9.28. The van der Waals surface area contributed by atoms with Gasteiger partial charge in [0.2, 0.25) is 17.8 Å². The number of benzene rings is 1. The second-order valence-corrected chi connectivity index (χ2v) is 16.4. The quantitative estimate of drug-likeness (QED) is 0.183. The lowest BCUT2D eigenvalue weighted by Crippen LogP contribution is -2.55. The second-order valence-electron chi connectivity index (χ2n) is 16.4. The van der Waals surface area contributed by atoms with Gasteiger partial charge in [-0.1, -0.05) is 12.8 Å². The van der Waals surface area contributed by atoms with Crippen molar-refractivity contribution >= 4 is 63.6 Å². The molecule has 4 fully saturated rings. The minimum atomic E-state index is -3.01. The number of Topliss-reactive ketones (excluding diaryl/α,β-unsaturated/α-hetero) is 1. The average Bonchev–Trinajstić information content (AvgIpc) is 3.85. The van der Waals surface area contributed by atoms with Crippen molar-refractivity contribution < 1.29 is 32.8 Å². The number of piperidine rings is 2. The number of nitrogens with zero attached hydrogens (tertiary/aromatic N) is 8. The summed E-state index contributed by atoms with van der Waals surface area (Å²) in [6, 6.07) is 8.63. The van der Waals surface area contributed by atoms with Crippen molar-refractivity contribution in [3.05, 3.63) is 75.8 Å². The van der Waals surface area contributed by atoms with Gasteiger partial charge in [-0.25, -0.2) is 18.7 Å². The van der Waals surface area contributed by atoms with Crippen LogP contribution in [-0.4, -0.2) is 117 Å². The molecule has 1 saturated carbocycles. The third kappa shape index (κ3) is 7.26. The van der Waals surface area contributed by atoms with Crippen LogP contribution in [0.15, 0.2) is 53.6 Å². The van der Waals surface area contributed by atoms with Crippen LogP contribution in [0, 0.1) is 5.92 Å². The summed E-state index contributed by atoms with van der Waals surface area (Å²) >= 11 is 0. The highest BCUT2D eigenvalue weighted by Gasteiger charge is 2.47. The Morgan fingerprint density at radius 3 is 2.30 bits per heavy atom. The maximum Gasteiger partial charge on any atom is 0.269 e. The molecule has 3 aromatic heterocycles. The number of hydrogen-bond donors (Lipinski definition) is 2. The Kier molecular flexibility index (Phi) is 10.1. The van der Waals surface area contributed by atoms with Gasteiger partial charge in [0, 0.05) is 74.9 Å². The van der Waals surface area contributed by atoms with Crippen molar-refractivity contribution in [2.75, 3.05) is 60.9 Å². The van der Waals surface area contributed by atoms with E-state index in [1.54, 1.807) is 34.0 Å². The van der Waals surface area contributed by atoms with Gasteiger partial charge in [-0.05, 0) is 69.0 Å². The van der Waals surface area contributed by atoms with E-state index in [0.29, 0.717) is 55.3 Å². The van der Waals surface area contributed by atoms with E-state index >= 15 is 8.78 Å². The number of pyridine rings is 2. The first kappa shape index (κ1) is 39.3. The molecule has 2 N–H and O–H groups in total. The second kappa shape index (κ2) is 15.5. The molecular formula is C42H44F2N10O6. The van der Waals surface area contributed by atoms with Crippen LogP contribution >= 0.6 is 0 Å². The zero-order valence-corrected chi connectivity index (χ0v) is 33.0. The van der Waals surface area contributed by atoms with E-state index in [2.05, 4.69) is 35.4 Å². The lowest BCUT2D eigenvalue weighted by molar-refractivity contribution is -0.136. The normalized spacial score (nSPS) is 22.4. The fraction of sp³-hybridized carbons (Fsp3) is 0.452. The molecule has 5 aliphatic rings. The van der Waals surface area contributed by atoms with E-state index < -0.39 is 48.1 Å². The molecule has 0 bridgehead atoms. The topological polar surface area (TPSA) is 183 Å². The third-order valence-electron chi connectivity index (χ3n) is 12.6. The summed E-state index contributed by atoms with van der Waals surface area (Å²) in [6.45, 7) is 3.89. The van der Waals surface area contributed by atoms with E-state index in [-0.39, 0.29) is 65.8 Å². The smallest absolute Gasteiger partial charge is 0.269 e. The molecule has 1 aliphatic carbocycles. The monoisotopic (exact) mass is 822 g/mol. The fourth-order valence-electron chi connectivity index (χ4n) is 9.28. The maximum atomic E-state index is 15.8. The summed E-state index contributed by atoms with van der Waals surface area (Å²) < 4.78 is 33.2. The SMILES string of the molecule is CC(=O)c1cc2cnc(Nc3ccc(N4CCN(CC5CCN(c6ccc7c(c6)C(=O)N(C6CCC(=O)NC6=O)C7=O)CC5(F)F)CC4)cn3)nc2n(C2CCCC2)c1=O. The number of piperazine rings is 1. The van der Waals surface area contributed by atoms with E-state index in [1.165, 1.54) is 19.1 Å². The first-order chi connectivity index (χ1) is 28.8. The van der Waals surface area contributed by atoms with Gasteiger partial charge in [-0.15, -0.1) is 0 Å². The molecule has 0 spiro atoms. The number of carbonyl (C=O) groups is 5. The molecule has 18 heteroatoms. The molecule has 1 aromatic carbocycles. The van der Waals surface area contributed by atoms with Gasteiger partial charge in [0.05, 0.1) is 35.1 Å². The Morgan fingerprint density at radius 2 is 1.60 bits per heavy atom. The minimum absolute atomic E-state index is 0.00340. The van der Waals surface area contributed by atoms with Gasteiger partial charge in [-0.2, -0.15) is 4.98 Å². The number of fused-ring (bicyclic) bond motifs is 2. The van der Waals surface area contributed by atoms with Crippen LogP contribution in [0.25, 0.3) is 11.0 Å². The lowest BCUT2D eigenvalue weighted by atomic mass is 9.91. The average molecular weight is 823 g/mol. The Bertz CT molecular complexity index is 2480. The Labute approximate surface area is 342 Å². The van der Waals surface area contributed by atoms with Gasteiger partial charge in [-0.3, -0.25) is 48.5 Å². The standard InChI is InChI=1S/C42H44F2N10O6/c1-24(55)31-18-25-20-46-41(49-36(25)53(39(31)59)27-4-2-3-5-27)47-34-10-7-29(21-45-34)51-16-14-50(15-17-51)22-26-12-13-52(23-42(26,43)44)28-6-8-30-32(19-28)40(60)54(38(30)58)33-9-11-35(56)48-37(33)57/h6-8,10,18-21,26-27,33H,2-5,9,11-17,22-23H2,1H3,(H,48,56,57)(H,45,46,47,49). The number of nitrogens with one attached hydrogen (secondary N) is 2. The molecule has 16 nitrogen and oxygen atoms in total. The number of alkyl halides is 2. The van der Waals surface area contributed by atoms with Crippen molar-refractivity contribution in [1.82, 2.24) is 34.6 Å². The summed E-state index contributed by atoms with van der Waals surface area (Å²) in [5.74, 6) is -5.88. The molecule has 4 aliphatic heterocycles. The van der Waals surface area contributed by atoms with Crippen molar-refractivity contribution in [2.24, 2.45) is 5.92 Å². The van der Waals surface area contributed by atoms with E-state index in [4.69, 9.17) is 0 Å². The number of ketones is 1. The van der Waals surface area contributed by atoms with Crippen LogP contribution < -0.4 is 26.0 Å². The Morgan fingerprint density at radius 1 is 0.850 bits per heavy atom. The number of carbonyl (C=O) groups excluding carboxylic acids is 5. The molecule has 4 amide bonds. The summed E-state index contributed by atoms with van der Waals surface area (Å²) in [6.07, 6.45) is 7.32. The summed E-state index contributed by atoms with van der Waals surface area (Å²) in [4.78, 5) is 96.4. The van der Waals surface area contributed by atoms with Crippen molar-refractivity contribution in [3.8, 4) is 0 Å². The molecule has 60 heavy (non-hydrogen) atoms. The summed E-state index contributed by atoms with van der Waals surface area (Å²) in [7, 11) is 0. The first-order valence-corrected chi connectivity index (χ1v) is 20.5. The number of hydrogen-bond acceptors (Lipinski definition) is 13. The molecule has 7 heterocycles. The van der Waals surface area contributed by atoms with Crippen LogP contribution in [0.2, 0.25) is 0 Å². The van der Waals surface area contributed by atoms with Gasteiger partial charge in [0.15, 0.2) is 5.78 Å². The van der Waals surface area contributed by atoms with Gasteiger partial charge in [0.25, 0.3) is 23.3 Å². The minimum Gasteiger partial charge on any atom is -0.368 e. The van der Waals surface area contributed by atoms with Crippen molar-refractivity contribution in [3.63, 3.8) is 0 Å². The van der Waals surface area contributed by atoms with Crippen LogP contribution in [0.1, 0.15) is 89.0 Å². The summed E-state index contributed by atoms with van der Waals surface area (Å²) in [5, 5.41) is 5.92. The predicted octanol–water partition coefficient (Wildman–Crippen LogP) is 3.93. The molecule has 2 unspecified atom stereocenters. The van der Waals surface area contributed by atoms with Crippen LogP contribution in [-0.2, 0) is 9.59 Å². The predicted molar refractivity (Wildman–Crippen MR) is 216 cm³/mol. The zero-order chi connectivity index (χ0) is 41.9. The highest BCUT2D eigenvalue weighted by molar-refractivity contribution is 6.23. The highest BCUT2D eigenvalue weighted by Crippen LogP contribution is 2.38. The zero-order valence-electron chi connectivity index (χ0n) is 33.0. The summed E-state index contributed by atoms with van der Waals surface area (Å²) in [5.41, 5.74) is 1.73. The molecule has 3 saturated heterocycles. The highest BCUT2D eigenvalue weighted by atomic mass is 19.3. The molecule has 4 aromatic rings. The molecule has 2 atom stereocenters. The Balaban J connectivity index is 0.793. The number of rotatable bonds is 9. The molecule has 9 rings (SSSR count). The number of anilines is 4. The van der Waals surface area contributed by atoms with Crippen LogP contribution in [0.5, 0.6) is 0 Å². The third-order valence-corrected chi connectivity index (χ3v) is 12.6. The largest absolute Gasteiger partial charge is 0.368 e. The number of halogens is 2. The van der Waals surface area contributed by atoms with Crippen molar-refractivity contribution in [1.29, 1.82) is 0 Å². The molecule has 0 radical (unpaired) electrons. The maximum absolute atomic E-state index is 15.8. The number of aromatic nitrogens is 4. The number of imide groups is 2. The van der Waals surface area contributed by atoms with Gasteiger partial charge < -0.3 is 15.1 Å². The lowest BCUT2D eigenvalue weighted by Gasteiger charge is -2.43. The van der Waals surface area contributed by atoms with E-state index in [1.807, 2.05) is 12.1 Å². The molecule has 312 valence electrons. The Hall–Kier alpha value is -6.17. The van der Waals surface area contributed by atoms with Crippen molar-refractivity contribution in [2.45, 2.75) is 69.9 Å². The first-order valence-electron chi connectivity index (χ1n) is 20.5. The van der Waals surface area contributed by atoms with Gasteiger partial charge in [0.1, 0.15) is 17.5 Å². The van der Waals surface area contributed by atoms with Gasteiger partial charge >= 0.3 is 0 Å². The number of amides is 4. The molecular weight excluding hydrogens is 779 g/mol. The van der Waals surface area contributed by atoms with Crippen LogP contribution in [0.3, 0.4) is 0 Å². The van der Waals surface area contributed by atoms with E-state index in [0.717, 1.165) is 36.3 Å². The van der Waals surface area contributed by atoms with Crippen LogP contribution in [0.4, 0.5) is 31.9 Å².